The molecule has 2 N–H and O–H groups in total. The number of nitrogens with zero attached hydrogens (tertiary/aromatic N) is 2. The second kappa shape index (κ2) is 11.7. The summed E-state index contributed by atoms with van der Waals surface area (Å²) in [5.74, 6) is 0.986. The third kappa shape index (κ3) is 7.14. The van der Waals surface area contributed by atoms with Crippen molar-refractivity contribution in [3.05, 3.63) is 34.9 Å². The smallest absolute Gasteiger partial charge is 0.230 e. The van der Waals surface area contributed by atoms with Crippen LogP contribution >= 0.6 is 35.6 Å². The Bertz CT molecular complexity index is 613. The molecule has 27 heavy (non-hydrogen) atoms. The monoisotopic (exact) mass is 506 g/mol. The minimum Gasteiger partial charge on any atom is -0.356 e. The van der Waals surface area contributed by atoms with E-state index in [1.54, 1.807) is 11.9 Å². The first-order valence-electron chi connectivity index (χ1n) is 9.37. The van der Waals surface area contributed by atoms with E-state index in [9.17, 15) is 4.79 Å². The van der Waals surface area contributed by atoms with E-state index in [0.29, 0.717) is 6.54 Å². The fourth-order valence-electron chi connectivity index (χ4n) is 3.62. The number of hydrogen-bond acceptors (Lipinski definition) is 2. The Kier molecular flexibility index (Phi) is 10.4. The molecule has 0 unspecified atom stereocenters. The molecule has 152 valence electrons. The van der Waals surface area contributed by atoms with Gasteiger partial charge in [0.2, 0.25) is 5.91 Å². The van der Waals surface area contributed by atoms with E-state index in [-0.39, 0.29) is 35.3 Å². The van der Waals surface area contributed by atoms with Gasteiger partial charge in [0, 0.05) is 39.3 Å². The fourth-order valence-corrected chi connectivity index (χ4v) is 3.74. The van der Waals surface area contributed by atoms with Crippen molar-refractivity contribution in [1.29, 1.82) is 0 Å². The third-order valence-corrected chi connectivity index (χ3v) is 5.34. The standard InChI is InChI=1S/C20H31ClN4O.HI/c1-22-19(23-14-6-7-16-8-10-17(21)11-9-16)24-15-20(12-4-5-13-20)18(26)25(2)3;/h8-11H,4-7,12-15H2,1-3H3,(H2,22,23,24);1H. The number of carbonyl (C=O) groups excluding carboxylic acids is 1. The zero-order valence-corrected chi connectivity index (χ0v) is 19.6. The number of amides is 1. The van der Waals surface area contributed by atoms with Crippen LogP contribution in [0, 0.1) is 5.41 Å². The maximum absolute atomic E-state index is 12.6. The van der Waals surface area contributed by atoms with E-state index >= 15 is 0 Å². The molecule has 1 aliphatic carbocycles. The maximum Gasteiger partial charge on any atom is 0.230 e. The van der Waals surface area contributed by atoms with Crippen molar-refractivity contribution >= 4 is 47.4 Å². The molecule has 0 aliphatic heterocycles. The highest BCUT2D eigenvalue weighted by Gasteiger charge is 2.42. The number of carbonyl (C=O) groups is 1. The largest absolute Gasteiger partial charge is 0.356 e. The highest BCUT2D eigenvalue weighted by molar-refractivity contribution is 14.0. The van der Waals surface area contributed by atoms with Gasteiger partial charge in [-0.15, -0.1) is 24.0 Å². The number of aliphatic imine (C=N–C) groups is 1. The van der Waals surface area contributed by atoms with Crippen LogP contribution in [0.5, 0.6) is 0 Å². The van der Waals surface area contributed by atoms with Crippen molar-refractivity contribution in [1.82, 2.24) is 15.5 Å². The van der Waals surface area contributed by atoms with Gasteiger partial charge in [0.15, 0.2) is 5.96 Å². The molecule has 1 aliphatic rings. The summed E-state index contributed by atoms with van der Waals surface area (Å²) in [5, 5.41) is 7.48. The Morgan fingerprint density at radius 1 is 1.19 bits per heavy atom. The van der Waals surface area contributed by atoms with Crippen LogP contribution in [0.2, 0.25) is 5.02 Å². The van der Waals surface area contributed by atoms with Gasteiger partial charge < -0.3 is 15.5 Å². The number of aryl methyl sites for hydroxylation is 1. The minimum atomic E-state index is -0.287. The zero-order valence-electron chi connectivity index (χ0n) is 16.6. The molecule has 1 fully saturated rings. The molecule has 0 bridgehead atoms. The number of rotatable bonds is 7. The maximum atomic E-state index is 12.6. The topological polar surface area (TPSA) is 56.7 Å². The van der Waals surface area contributed by atoms with Gasteiger partial charge in [-0.25, -0.2) is 0 Å². The van der Waals surface area contributed by atoms with Gasteiger partial charge in [0.1, 0.15) is 0 Å². The average Bonchev–Trinajstić information content (AvgIpc) is 3.12. The molecular formula is C20H32ClIN4O. The molecule has 1 saturated carbocycles. The van der Waals surface area contributed by atoms with Gasteiger partial charge in [0.25, 0.3) is 0 Å². The summed E-state index contributed by atoms with van der Waals surface area (Å²) < 4.78 is 0. The lowest BCUT2D eigenvalue weighted by molar-refractivity contribution is -0.138. The van der Waals surface area contributed by atoms with Crippen LogP contribution in [-0.2, 0) is 11.2 Å². The summed E-state index contributed by atoms with van der Waals surface area (Å²) in [7, 11) is 5.45. The summed E-state index contributed by atoms with van der Waals surface area (Å²) >= 11 is 5.91. The Labute approximate surface area is 185 Å². The Morgan fingerprint density at radius 2 is 1.81 bits per heavy atom. The van der Waals surface area contributed by atoms with E-state index in [4.69, 9.17) is 11.6 Å². The molecule has 0 atom stereocenters. The van der Waals surface area contributed by atoms with Crippen molar-refractivity contribution < 1.29 is 4.79 Å². The van der Waals surface area contributed by atoms with Crippen LogP contribution in [0.1, 0.15) is 37.7 Å². The number of nitrogens with one attached hydrogen (secondary N) is 2. The predicted octanol–water partition coefficient (Wildman–Crippen LogP) is 3.70. The Morgan fingerprint density at radius 3 is 2.37 bits per heavy atom. The lowest BCUT2D eigenvalue weighted by atomic mass is 9.84. The van der Waals surface area contributed by atoms with E-state index < -0.39 is 0 Å². The van der Waals surface area contributed by atoms with Crippen molar-refractivity contribution in [2.24, 2.45) is 10.4 Å². The third-order valence-electron chi connectivity index (χ3n) is 5.09. The van der Waals surface area contributed by atoms with E-state index in [1.807, 2.05) is 26.2 Å². The van der Waals surface area contributed by atoms with E-state index in [2.05, 4.69) is 27.8 Å². The number of hydrogen-bond donors (Lipinski definition) is 2. The SMILES string of the molecule is CN=C(NCCCc1ccc(Cl)cc1)NCC1(C(=O)N(C)C)CCCC1.I. The second-order valence-corrected chi connectivity index (χ2v) is 7.71. The molecule has 0 radical (unpaired) electrons. The van der Waals surface area contributed by atoms with Crippen LogP contribution in [0.15, 0.2) is 29.3 Å². The van der Waals surface area contributed by atoms with Crippen molar-refractivity contribution in [3.8, 4) is 0 Å². The Hall–Kier alpha value is -1.02. The van der Waals surface area contributed by atoms with Gasteiger partial charge in [0.05, 0.1) is 5.41 Å². The van der Waals surface area contributed by atoms with Crippen LogP contribution < -0.4 is 10.6 Å². The molecule has 0 heterocycles. The summed E-state index contributed by atoms with van der Waals surface area (Å²) in [5.41, 5.74) is 0.991. The molecular weight excluding hydrogens is 475 g/mol. The molecule has 0 saturated heterocycles. The minimum absolute atomic E-state index is 0. The van der Waals surface area contributed by atoms with Gasteiger partial charge in [-0.1, -0.05) is 36.6 Å². The highest BCUT2D eigenvalue weighted by atomic mass is 127. The highest BCUT2D eigenvalue weighted by Crippen LogP contribution is 2.38. The fraction of sp³-hybridized carbons (Fsp3) is 0.600. The molecule has 1 aromatic rings. The lowest BCUT2D eigenvalue weighted by Crippen LogP contribution is -2.49. The summed E-state index contributed by atoms with van der Waals surface area (Å²) in [4.78, 5) is 18.6. The molecule has 5 nitrogen and oxygen atoms in total. The molecule has 1 aromatic carbocycles. The van der Waals surface area contributed by atoms with Gasteiger partial charge in [-0.3, -0.25) is 9.79 Å². The molecule has 0 spiro atoms. The van der Waals surface area contributed by atoms with Crippen molar-refractivity contribution in [2.45, 2.75) is 38.5 Å². The van der Waals surface area contributed by atoms with Crippen LogP contribution in [0.4, 0.5) is 0 Å². The van der Waals surface area contributed by atoms with Gasteiger partial charge in [-0.2, -0.15) is 0 Å². The number of guanidine groups is 1. The first-order valence-corrected chi connectivity index (χ1v) is 9.75. The quantitative estimate of drug-likeness (QED) is 0.257. The summed E-state index contributed by atoms with van der Waals surface area (Å²) in [6.45, 7) is 1.47. The second-order valence-electron chi connectivity index (χ2n) is 7.27. The van der Waals surface area contributed by atoms with Crippen molar-refractivity contribution in [2.75, 3.05) is 34.2 Å². The normalized spacial score (nSPS) is 15.8. The zero-order chi connectivity index (χ0) is 19.0. The predicted molar refractivity (Wildman–Crippen MR) is 124 cm³/mol. The number of benzene rings is 1. The molecule has 0 aromatic heterocycles. The first kappa shape index (κ1) is 24.0. The van der Waals surface area contributed by atoms with E-state index in [0.717, 1.165) is 56.1 Å². The van der Waals surface area contributed by atoms with Crippen LogP contribution in [0.3, 0.4) is 0 Å². The van der Waals surface area contributed by atoms with Crippen LogP contribution in [-0.4, -0.2) is 51.0 Å². The average molecular weight is 507 g/mol. The van der Waals surface area contributed by atoms with Gasteiger partial charge >= 0.3 is 0 Å². The first-order chi connectivity index (χ1) is 12.5. The number of halogens is 2. The van der Waals surface area contributed by atoms with Crippen LogP contribution in [0.25, 0.3) is 0 Å². The van der Waals surface area contributed by atoms with Crippen molar-refractivity contribution in [3.63, 3.8) is 0 Å². The molecule has 1 amide bonds. The summed E-state index contributed by atoms with van der Waals surface area (Å²) in [6, 6.07) is 7.97. The van der Waals surface area contributed by atoms with E-state index in [1.165, 1.54) is 5.56 Å². The molecule has 2 rings (SSSR count). The molecule has 7 heteroatoms. The lowest BCUT2D eigenvalue weighted by Gasteiger charge is -2.31. The summed E-state index contributed by atoms with van der Waals surface area (Å²) in [6.07, 6.45) is 6.13. The Balaban J connectivity index is 0.00000364. The van der Waals surface area contributed by atoms with Gasteiger partial charge in [-0.05, 0) is 43.4 Å².